The zero-order chi connectivity index (χ0) is 11.7. The lowest BCUT2D eigenvalue weighted by Crippen LogP contribution is -2.20. The maximum absolute atomic E-state index is 11.1. The number of rotatable bonds is 2. The van der Waals surface area contributed by atoms with Crippen molar-refractivity contribution in [3.8, 4) is 0 Å². The summed E-state index contributed by atoms with van der Waals surface area (Å²) >= 11 is 4.98. The summed E-state index contributed by atoms with van der Waals surface area (Å²) in [7, 11) is 0. The molecule has 0 aliphatic rings. The van der Waals surface area contributed by atoms with Crippen molar-refractivity contribution in [3.63, 3.8) is 0 Å². The van der Waals surface area contributed by atoms with Gasteiger partial charge >= 0.3 is 0 Å². The summed E-state index contributed by atoms with van der Waals surface area (Å²) in [5.74, 6) is -0.350. The summed E-state index contributed by atoms with van der Waals surface area (Å²) in [5, 5.41) is 20.0. The molecule has 2 aromatic heterocycles. The van der Waals surface area contributed by atoms with Crippen LogP contribution in [0.5, 0.6) is 0 Å². The van der Waals surface area contributed by atoms with Crippen molar-refractivity contribution in [2.75, 3.05) is 0 Å². The van der Waals surface area contributed by atoms with E-state index in [1.807, 2.05) is 0 Å². The smallest absolute Gasteiger partial charge is 0.293 e. The highest BCUT2D eigenvalue weighted by molar-refractivity contribution is 7.71. The Morgan fingerprint density at radius 1 is 1.62 bits per heavy atom. The van der Waals surface area contributed by atoms with E-state index in [-0.39, 0.29) is 28.5 Å². The number of amides is 1. The van der Waals surface area contributed by atoms with Gasteiger partial charge in [-0.1, -0.05) is 12.2 Å². The molecular formula is C7H7N5O3S. The number of aliphatic hydroxyl groups is 1. The highest BCUT2D eigenvalue weighted by atomic mass is 32.1. The second-order valence-electron chi connectivity index (χ2n) is 2.88. The van der Waals surface area contributed by atoms with Gasteiger partial charge in [0, 0.05) is 6.07 Å². The van der Waals surface area contributed by atoms with Gasteiger partial charge < -0.3 is 5.11 Å². The molecule has 0 saturated heterocycles. The second-order valence-corrected chi connectivity index (χ2v) is 3.30. The van der Waals surface area contributed by atoms with Crippen molar-refractivity contribution in [1.82, 2.24) is 25.1 Å². The minimum absolute atomic E-state index is 0.0523. The van der Waals surface area contributed by atoms with Gasteiger partial charge in [-0.05, 0) is 0 Å². The van der Waals surface area contributed by atoms with E-state index >= 15 is 0 Å². The fraction of sp³-hybridized carbons (Fsp3) is 0.143. The summed E-state index contributed by atoms with van der Waals surface area (Å²) in [5.41, 5.74) is 1.40. The standard InChI is InChI=1S/C7H7N5O3S/c13-2-4-9-7-8-3(6(14)11-15)1-5(16)12(7)10-4/h1,13,15H,2H2,(H,11,14)(H,8,9,10). The van der Waals surface area contributed by atoms with E-state index in [0.717, 1.165) is 0 Å². The zero-order valence-corrected chi connectivity index (χ0v) is 8.65. The molecule has 0 spiro atoms. The normalized spacial score (nSPS) is 10.6. The van der Waals surface area contributed by atoms with E-state index in [4.69, 9.17) is 22.5 Å². The van der Waals surface area contributed by atoms with Gasteiger partial charge in [0.25, 0.3) is 11.7 Å². The van der Waals surface area contributed by atoms with Crippen molar-refractivity contribution in [3.05, 3.63) is 22.2 Å². The molecule has 0 atom stereocenters. The number of H-pyrrole nitrogens is 1. The maximum atomic E-state index is 11.1. The van der Waals surface area contributed by atoms with Crippen molar-refractivity contribution >= 4 is 23.9 Å². The van der Waals surface area contributed by atoms with Gasteiger partial charge in [0.05, 0.1) is 0 Å². The first-order valence-corrected chi connectivity index (χ1v) is 4.60. The molecule has 0 fully saturated rings. The topological polar surface area (TPSA) is 116 Å². The van der Waals surface area contributed by atoms with Crippen molar-refractivity contribution in [1.29, 1.82) is 0 Å². The zero-order valence-electron chi connectivity index (χ0n) is 7.84. The summed E-state index contributed by atoms with van der Waals surface area (Å²) < 4.78 is 1.60. The van der Waals surface area contributed by atoms with Crippen molar-refractivity contribution < 1.29 is 15.1 Å². The van der Waals surface area contributed by atoms with Crippen LogP contribution in [0.1, 0.15) is 16.3 Å². The number of aromatic amines is 1. The third-order valence-corrected chi connectivity index (χ3v) is 2.16. The van der Waals surface area contributed by atoms with Crippen LogP contribution in [0.2, 0.25) is 0 Å². The van der Waals surface area contributed by atoms with Crippen LogP contribution in [0.25, 0.3) is 5.78 Å². The largest absolute Gasteiger partial charge is 0.388 e. The molecule has 2 rings (SSSR count). The third kappa shape index (κ3) is 1.66. The van der Waals surface area contributed by atoms with Gasteiger partial charge in [0.2, 0.25) is 0 Å². The number of aromatic nitrogens is 4. The third-order valence-electron chi connectivity index (χ3n) is 1.86. The van der Waals surface area contributed by atoms with Crippen LogP contribution in [0.3, 0.4) is 0 Å². The van der Waals surface area contributed by atoms with Gasteiger partial charge in [-0.2, -0.15) is 4.98 Å². The number of nitrogens with zero attached hydrogens (tertiary/aromatic N) is 3. The molecule has 0 radical (unpaired) electrons. The molecule has 0 unspecified atom stereocenters. The average Bonchev–Trinajstić information content (AvgIpc) is 2.71. The second kappa shape index (κ2) is 3.96. The van der Waals surface area contributed by atoms with E-state index in [9.17, 15) is 4.79 Å². The lowest BCUT2D eigenvalue weighted by Gasteiger charge is -1.97. The summed E-state index contributed by atoms with van der Waals surface area (Å²) in [6, 6.07) is 1.30. The molecule has 16 heavy (non-hydrogen) atoms. The Hall–Kier alpha value is -1.84. The van der Waals surface area contributed by atoms with E-state index in [0.29, 0.717) is 0 Å². The van der Waals surface area contributed by atoms with E-state index < -0.39 is 5.91 Å². The lowest BCUT2D eigenvalue weighted by atomic mass is 10.4. The fourth-order valence-corrected chi connectivity index (χ4v) is 1.41. The molecular weight excluding hydrogens is 234 g/mol. The maximum Gasteiger partial charge on any atom is 0.293 e. The van der Waals surface area contributed by atoms with E-state index in [2.05, 4.69) is 15.1 Å². The lowest BCUT2D eigenvalue weighted by molar-refractivity contribution is 0.0700. The summed E-state index contributed by atoms with van der Waals surface area (Å²) in [6.07, 6.45) is 0. The molecule has 0 aromatic carbocycles. The Morgan fingerprint density at radius 2 is 2.38 bits per heavy atom. The van der Waals surface area contributed by atoms with Crippen LogP contribution in [0, 0.1) is 4.64 Å². The van der Waals surface area contributed by atoms with Crippen LogP contribution in [-0.4, -0.2) is 35.8 Å². The predicted octanol–water partition coefficient (Wildman–Crippen LogP) is -0.602. The van der Waals surface area contributed by atoms with E-state index in [1.165, 1.54) is 16.1 Å². The molecule has 4 N–H and O–H groups in total. The summed E-state index contributed by atoms with van der Waals surface area (Å²) in [4.78, 5) is 18.9. The first-order chi connectivity index (χ1) is 7.65. The molecule has 2 aromatic rings. The molecule has 9 heteroatoms. The Kier molecular flexibility index (Phi) is 2.64. The number of hydrogen-bond donors (Lipinski definition) is 4. The number of carbonyl (C=O) groups is 1. The predicted molar refractivity (Wildman–Crippen MR) is 53.3 cm³/mol. The van der Waals surface area contributed by atoms with Crippen LogP contribution in [-0.2, 0) is 6.61 Å². The molecule has 84 valence electrons. The number of hydroxylamine groups is 1. The van der Waals surface area contributed by atoms with Gasteiger partial charge in [-0.15, -0.1) is 0 Å². The van der Waals surface area contributed by atoms with Crippen molar-refractivity contribution in [2.45, 2.75) is 6.61 Å². The number of carbonyl (C=O) groups excluding carboxylic acids is 1. The Labute approximate surface area is 93.5 Å². The quantitative estimate of drug-likeness (QED) is 0.317. The van der Waals surface area contributed by atoms with Crippen LogP contribution < -0.4 is 5.48 Å². The molecule has 0 saturated carbocycles. The monoisotopic (exact) mass is 241 g/mol. The van der Waals surface area contributed by atoms with Crippen LogP contribution in [0.4, 0.5) is 0 Å². The van der Waals surface area contributed by atoms with Crippen LogP contribution >= 0.6 is 12.2 Å². The molecule has 1 amide bonds. The molecule has 0 aliphatic heterocycles. The van der Waals surface area contributed by atoms with E-state index in [1.54, 1.807) is 0 Å². The highest BCUT2D eigenvalue weighted by Gasteiger charge is 2.10. The molecule has 8 nitrogen and oxygen atoms in total. The molecule has 0 aliphatic carbocycles. The first-order valence-electron chi connectivity index (χ1n) is 4.19. The van der Waals surface area contributed by atoms with Gasteiger partial charge in [-0.3, -0.25) is 15.1 Å². The number of aliphatic hydroxyl groups excluding tert-OH is 1. The highest BCUT2D eigenvalue weighted by Crippen LogP contribution is 2.03. The number of nitrogens with one attached hydrogen (secondary N) is 2. The summed E-state index contributed by atoms with van der Waals surface area (Å²) in [6.45, 7) is -0.292. The average molecular weight is 241 g/mol. The minimum atomic E-state index is -0.776. The van der Waals surface area contributed by atoms with Crippen LogP contribution in [0.15, 0.2) is 6.07 Å². The SMILES string of the molecule is O=C(NO)c1cc(=S)n2[nH]c(CO)nc2n1. The Bertz CT molecular complexity index is 604. The molecule has 2 heterocycles. The number of fused-ring (bicyclic) bond motifs is 1. The Balaban J connectivity index is 2.66. The molecule has 0 bridgehead atoms. The number of hydrogen-bond acceptors (Lipinski definition) is 6. The Morgan fingerprint density at radius 3 is 3.00 bits per heavy atom. The minimum Gasteiger partial charge on any atom is -0.388 e. The van der Waals surface area contributed by atoms with Gasteiger partial charge in [0.1, 0.15) is 16.9 Å². The first kappa shape index (κ1) is 10.7. The fourth-order valence-electron chi connectivity index (χ4n) is 1.17. The van der Waals surface area contributed by atoms with Crippen molar-refractivity contribution in [2.24, 2.45) is 0 Å². The van der Waals surface area contributed by atoms with Gasteiger partial charge in [-0.25, -0.2) is 15.0 Å². The van der Waals surface area contributed by atoms with Gasteiger partial charge in [0.15, 0.2) is 5.82 Å².